The van der Waals surface area contributed by atoms with Crippen LogP contribution in [0.2, 0.25) is 5.02 Å². The molecule has 0 aliphatic carbocycles. The largest absolute Gasteiger partial charge is 0.507 e. The first-order chi connectivity index (χ1) is 15.5. The fraction of sp³-hybridized carbons (Fsp3) is 0.154. The predicted molar refractivity (Wildman–Crippen MR) is 123 cm³/mol. The number of aryl methyl sites for hydroxylation is 1. The summed E-state index contributed by atoms with van der Waals surface area (Å²) in [5.41, 5.74) is 2.79. The number of aliphatic hydroxyl groups excluding tert-OH is 1. The lowest BCUT2D eigenvalue weighted by molar-refractivity contribution is -0.132. The van der Waals surface area contributed by atoms with Crippen molar-refractivity contribution in [2.75, 3.05) is 11.5 Å². The van der Waals surface area contributed by atoms with Crippen molar-refractivity contribution >= 4 is 34.7 Å². The highest BCUT2D eigenvalue weighted by Crippen LogP contribution is 2.42. The molecule has 6 heteroatoms. The van der Waals surface area contributed by atoms with Crippen LogP contribution in [0.5, 0.6) is 5.75 Å². The quantitative estimate of drug-likeness (QED) is 0.338. The molecule has 0 spiro atoms. The van der Waals surface area contributed by atoms with Crippen LogP contribution in [0.4, 0.5) is 5.69 Å². The number of aliphatic hydroxyl groups is 1. The van der Waals surface area contributed by atoms with Gasteiger partial charge in [-0.2, -0.15) is 0 Å². The standard InChI is InChI=1S/C26H20ClNO4/c27-19-9-11-20(12-10-19)28-23(16-5-2-1-3-6-16)22(25(30)26(28)31)24(29)18-8-13-21-17(15-18)7-4-14-32-21/h1-3,5-6,8-13,15,23,29H,4,7,14H2/b24-22-. The molecule has 2 aliphatic rings. The van der Waals surface area contributed by atoms with Gasteiger partial charge < -0.3 is 9.84 Å². The van der Waals surface area contributed by atoms with Gasteiger partial charge in [0, 0.05) is 16.3 Å². The highest BCUT2D eigenvalue weighted by atomic mass is 35.5. The van der Waals surface area contributed by atoms with E-state index in [4.69, 9.17) is 16.3 Å². The summed E-state index contributed by atoms with van der Waals surface area (Å²) in [6, 6.07) is 20.5. The number of Topliss-reactive ketones (excluding diaryl/α,β-unsaturated/α-hetero) is 1. The lowest BCUT2D eigenvalue weighted by Crippen LogP contribution is -2.29. The lowest BCUT2D eigenvalue weighted by Gasteiger charge is -2.25. The van der Waals surface area contributed by atoms with Crippen molar-refractivity contribution in [2.45, 2.75) is 18.9 Å². The van der Waals surface area contributed by atoms with E-state index in [9.17, 15) is 14.7 Å². The van der Waals surface area contributed by atoms with Crippen molar-refractivity contribution in [1.29, 1.82) is 0 Å². The third kappa shape index (κ3) is 3.45. The summed E-state index contributed by atoms with van der Waals surface area (Å²) < 4.78 is 5.66. The summed E-state index contributed by atoms with van der Waals surface area (Å²) in [4.78, 5) is 27.7. The fourth-order valence-electron chi connectivity index (χ4n) is 4.31. The Bertz CT molecular complexity index is 1230. The van der Waals surface area contributed by atoms with Gasteiger partial charge in [0.25, 0.3) is 11.7 Å². The maximum Gasteiger partial charge on any atom is 0.300 e. The summed E-state index contributed by atoms with van der Waals surface area (Å²) in [5, 5.41) is 11.8. The Morgan fingerprint density at radius 3 is 2.50 bits per heavy atom. The molecule has 5 rings (SSSR count). The first-order valence-corrected chi connectivity index (χ1v) is 10.8. The molecule has 1 amide bonds. The van der Waals surface area contributed by atoms with E-state index in [0.29, 0.717) is 22.9 Å². The minimum Gasteiger partial charge on any atom is -0.507 e. The van der Waals surface area contributed by atoms with E-state index in [1.54, 1.807) is 36.4 Å². The van der Waals surface area contributed by atoms with Crippen LogP contribution in [-0.4, -0.2) is 23.4 Å². The van der Waals surface area contributed by atoms with Crippen LogP contribution >= 0.6 is 11.6 Å². The van der Waals surface area contributed by atoms with E-state index in [1.165, 1.54) is 4.90 Å². The molecule has 5 nitrogen and oxygen atoms in total. The van der Waals surface area contributed by atoms with Crippen molar-refractivity contribution in [1.82, 2.24) is 0 Å². The number of ketones is 1. The molecule has 160 valence electrons. The Morgan fingerprint density at radius 1 is 1.00 bits per heavy atom. The van der Waals surface area contributed by atoms with E-state index in [1.807, 2.05) is 36.4 Å². The molecule has 1 N–H and O–H groups in total. The number of halogens is 1. The Morgan fingerprint density at radius 2 is 1.75 bits per heavy atom. The number of anilines is 1. The number of ether oxygens (including phenoxy) is 1. The van der Waals surface area contributed by atoms with Gasteiger partial charge in [0.15, 0.2) is 0 Å². The number of amides is 1. The molecule has 3 aromatic rings. The molecule has 1 fully saturated rings. The van der Waals surface area contributed by atoms with Gasteiger partial charge in [-0.15, -0.1) is 0 Å². The Balaban J connectivity index is 1.68. The number of carbonyl (C=O) groups excluding carboxylic acids is 2. The topological polar surface area (TPSA) is 66.8 Å². The van der Waals surface area contributed by atoms with Gasteiger partial charge in [0.1, 0.15) is 11.5 Å². The zero-order chi connectivity index (χ0) is 22.2. The average Bonchev–Trinajstić information content (AvgIpc) is 3.10. The van der Waals surface area contributed by atoms with Gasteiger partial charge in [0.2, 0.25) is 0 Å². The molecule has 1 unspecified atom stereocenters. The second-order valence-electron chi connectivity index (χ2n) is 7.83. The highest BCUT2D eigenvalue weighted by Gasteiger charge is 2.46. The number of benzene rings is 3. The van der Waals surface area contributed by atoms with Crippen molar-refractivity contribution in [2.24, 2.45) is 0 Å². The average molecular weight is 446 g/mol. The van der Waals surface area contributed by atoms with Crippen LogP contribution in [0.1, 0.15) is 29.2 Å². The highest BCUT2D eigenvalue weighted by molar-refractivity contribution is 6.51. The molecule has 1 saturated heterocycles. The van der Waals surface area contributed by atoms with Crippen molar-refractivity contribution in [3.63, 3.8) is 0 Å². The van der Waals surface area contributed by atoms with Crippen LogP contribution in [-0.2, 0) is 16.0 Å². The number of nitrogens with zero attached hydrogens (tertiary/aromatic N) is 1. The Labute approximate surface area is 190 Å². The summed E-state index contributed by atoms with van der Waals surface area (Å²) in [7, 11) is 0. The zero-order valence-corrected chi connectivity index (χ0v) is 17.9. The first-order valence-electron chi connectivity index (χ1n) is 10.4. The van der Waals surface area contributed by atoms with Crippen LogP contribution in [0.3, 0.4) is 0 Å². The van der Waals surface area contributed by atoms with Gasteiger partial charge in [-0.3, -0.25) is 14.5 Å². The maximum absolute atomic E-state index is 13.2. The van der Waals surface area contributed by atoms with Crippen LogP contribution in [0.15, 0.2) is 78.4 Å². The SMILES string of the molecule is O=C1C(=O)N(c2ccc(Cl)cc2)C(c2ccccc2)/C1=C(/O)c1ccc2c(c1)CCCO2. The molecule has 0 bridgehead atoms. The van der Waals surface area contributed by atoms with Gasteiger partial charge >= 0.3 is 0 Å². The summed E-state index contributed by atoms with van der Waals surface area (Å²) in [6.45, 7) is 0.665. The molecule has 3 aromatic carbocycles. The monoisotopic (exact) mass is 445 g/mol. The predicted octanol–water partition coefficient (Wildman–Crippen LogP) is 5.29. The second-order valence-corrected chi connectivity index (χ2v) is 8.27. The molecular formula is C26H20ClNO4. The van der Waals surface area contributed by atoms with E-state index >= 15 is 0 Å². The third-order valence-electron chi connectivity index (χ3n) is 5.85. The van der Waals surface area contributed by atoms with Crippen LogP contribution < -0.4 is 9.64 Å². The van der Waals surface area contributed by atoms with E-state index in [2.05, 4.69) is 0 Å². The fourth-order valence-corrected chi connectivity index (χ4v) is 4.44. The first kappa shape index (κ1) is 20.3. The zero-order valence-electron chi connectivity index (χ0n) is 17.1. The molecular weight excluding hydrogens is 426 g/mol. The molecule has 2 heterocycles. The van der Waals surface area contributed by atoms with Crippen LogP contribution in [0, 0.1) is 0 Å². The molecule has 32 heavy (non-hydrogen) atoms. The number of hydrogen-bond donors (Lipinski definition) is 1. The van der Waals surface area contributed by atoms with Crippen molar-refractivity contribution in [3.05, 3.63) is 100 Å². The molecule has 2 aliphatic heterocycles. The number of rotatable bonds is 3. The summed E-state index contributed by atoms with van der Waals surface area (Å²) in [6.07, 6.45) is 1.72. The van der Waals surface area contributed by atoms with Crippen molar-refractivity contribution < 1.29 is 19.4 Å². The molecule has 0 saturated carbocycles. The Hall–Kier alpha value is -3.57. The second kappa shape index (κ2) is 8.17. The van der Waals surface area contributed by atoms with Gasteiger partial charge in [-0.05, 0) is 66.4 Å². The lowest BCUT2D eigenvalue weighted by atomic mass is 9.94. The van der Waals surface area contributed by atoms with Crippen molar-refractivity contribution in [3.8, 4) is 5.75 Å². The van der Waals surface area contributed by atoms with E-state index < -0.39 is 17.7 Å². The maximum atomic E-state index is 13.2. The summed E-state index contributed by atoms with van der Waals surface area (Å²) in [5.74, 6) is -0.819. The number of fused-ring (bicyclic) bond motifs is 1. The number of carbonyl (C=O) groups is 2. The molecule has 1 atom stereocenters. The smallest absolute Gasteiger partial charge is 0.300 e. The Kier molecular flexibility index (Phi) is 5.19. The van der Waals surface area contributed by atoms with E-state index in [0.717, 1.165) is 29.7 Å². The third-order valence-corrected chi connectivity index (χ3v) is 6.10. The van der Waals surface area contributed by atoms with Crippen LogP contribution in [0.25, 0.3) is 5.76 Å². The minimum absolute atomic E-state index is 0.0628. The van der Waals surface area contributed by atoms with Gasteiger partial charge in [0.05, 0.1) is 18.2 Å². The van der Waals surface area contributed by atoms with Gasteiger partial charge in [-0.25, -0.2) is 0 Å². The minimum atomic E-state index is -0.760. The van der Waals surface area contributed by atoms with Gasteiger partial charge in [-0.1, -0.05) is 41.9 Å². The molecule has 0 radical (unpaired) electrons. The molecule has 0 aromatic heterocycles. The summed E-state index contributed by atoms with van der Waals surface area (Å²) >= 11 is 6.02. The number of hydrogen-bond acceptors (Lipinski definition) is 4. The normalized spacial score (nSPS) is 19.5. The van der Waals surface area contributed by atoms with E-state index in [-0.39, 0.29) is 11.3 Å².